The van der Waals surface area contributed by atoms with Gasteiger partial charge in [-0.1, -0.05) is 48.0 Å². The summed E-state index contributed by atoms with van der Waals surface area (Å²) in [6.07, 6.45) is 2.94. The number of amides is 1. The third-order valence-electron chi connectivity index (χ3n) is 4.42. The summed E-state index contributed by atoms with van der Waals surface area (Å²) in [6, 6.07) is 15.3. The van der Waals surface area contributed by atoms with Crippen LogP contribution in [-0.4, -0.2) is 38.0 Å². The molecular formula is C20H22N2O3S. The lowest BCUT2D eigenvalue weighted by Gasteiger charge is -2.27. The van der Waals surface area contributed by atoms with Gasteiger partial charge in [0.05, 0.1) is 4.90 Å². The molecule has 1 heterocycles. The number of piperidine rings is 1. The van der Waals surface area contributed by atoms with Crippen LogP contribution in [-0.2, 0) is 14.8 Å². The van der Waals surface area contributed by atoms with E-state index in [1.54, 1.807) is 41.3 Å². The monoisotopic (exact) mass is 370 g/mol. The van der Waals surface area contributed by atoms with Gasteiger partial charge in [-0.3, -0.25) is 4.79 Å². The van der Waals surface area contributed by atoms with Crippen molar-refractivity contribution in [2.45, 2.75) is 31.1 Å². The first-order chi connectivity index (χ1) is 12.5. The Hall–Kier alpha value is -2.47. The molecule has 0 unspecified atom stereocenters. The van der Waals surface area contributed by atoms with Crippen molar-refractivity contribution in [1.29, 1.82) is 0 Å². The van der Waals surface area contributed by atoms with Crippen molar-refractivity contribution in [3.05, 3.63) is 65.7 Å². The zero-order valence-corrected chi connectivity index (χ0v) is 15.6. The smallest absolute Gasteiger partial charge is 0.283 e. The van der Waals surface area contributed by atoms with Crippen molar-refractivity contribution < 1.29 is 13.2 Å². The number of aryl methyl sites for hydroxylation is 1. The molecule has 1 fully saturated rings. The van der Waals surface area contributed by atoms with Gasteiger partial charge in [0.15, 0.2) is 0 Å². The average molecular weight is 370 g/mol. The number of carbonyl (C=O) groups is 1. The molecule has 3 rings (SSSR count). The number of likely N-dealkylation sites (tertiary alicyclic amines) is 1. The molecule has 6 heteroatoms. The molecule has 1 amide bonds. The molecule has 26 heavy (non-hydrogen) atoms. The van der Waals surface area contributed by atoms with Gasteiger partial charge < -0.3 is 4.90 Å². The second-order valence-corrected chi connectivity index (χ2v) is 8.05. The molecule has 2 aromatic rings. The number of sulfonamides is 1. The summed E-state index contributed by atoms with van der Waals surface area (Å²) in [5.74, 6) is -0.327. The molecule has 0 atom stereocenters. The van der Waals surface area contributed by atoms with Crippen LogP contribution in [0.25, 0.3) is 0 Å². The third kappa shape index (κ3) is 4.19. The zero-order chi connectivity index (χ0) is 18.6. The molecule has 0 aromatic heterocycles. The van der Waals surface area contributed by atoms with E-state index < -0.39 is 10.0 Å². The fraction of sp³-hybridized carbons (Fsp3) is 0.300. The molecule has 0 N–H and O–H groups in total. The fourth-order valence-electron chi connectivity index (χ4n) is 2.94. The molecule has 0 spiro atoms. The minimum atomic E-state index is -3.97. The number of hydrogen-bond acceptors (Lipinski definition) is 3. The maximum absolute atomic E-state index is 13.0. The Labute approximate surface area is 154 Å². The summed E-state index contributed by atoms with van der Waals surface area (Å²) in [4.78, 5) is 14.8. The zero-order valence-electron chi connectivity index (χ0n) is 14.8. The van der Waals surface area contributed by atoms with E-state index in [1.807, 2.05) is 13.0 Å². The van der Waals surface area contributed by atoms with Crippen LogP contribution in [0.2, 0.25) is 0 Å². The van der Waals surface area contributed by atoms with E-state index in [-0.39, 0.29) is 16.5 Å². The van der Waals surface area contributed by atoms with Gasteiger partial charge in [0, 0.05) is 18.7 Å². The van der Waals surface area contributed by atoms with E-state index in [4.69, 9.17) is 0 Å². The molecule has 0 saturated carbocycles. The number of carbonyl (C=O) groups excluding carboxylic acids is 1. The van der Waals surface area contributed by atoms with Crippen molar-refractivity contribution in [3.8, 4) is 0 Å². The molecule has 0 bridgehead atoms. The number of benzene rings is 2. The predicted octanol–water partition coefficient (Wildman–Crippen LogP) is 3.19. The van der Waals surface area contributed by atoms with Crippen LogP contribution >= 0.6 is 0 Å². The molecule has 1 saturated heterocycles. The highest BCUT2D eigenvalue weighted by Crippen LogP contribution is 2.17. The predicted molar refractivity (Wildman–Crippen MR) is 102 cm³/mol. The number of nitrogens with zero attached hydrogens (tertiary/aromatic N) is 2. The van der Waals surface area contributed by atoms with Crippen LogP contribution in [0.1, 0.15) is 30.4 Å². The first-order valence-corrected chi connectivity index (χ1v) is 10.2. The van der Waals surface area contributed by atoms with Crippen LogP contribution < -0.4 is 0 Å². The minimum Gasteiger partial charge on any atom is -0.337 e. The van der Waals surface area contributed by atoms with Crippen molar-refractivity contribution in [2.75, 3.05) is 13.1 Å². The lowest BCUT2D eigenvalue weighted by molar-refractivity contribution is -0.124. The van der Waals surface area contributed by atoms with E-state index in [0.29, 0.717) is 18.7 Å². The molecule has 2 aromatic carbocycles. The standard InChI is InChI=1S/C20H22N2O3S/c1-16-10-12-18(13-11-16)26(24,25)21-19(17-8-4-2-5-9-17)20(23)22-14-6-3-7-15-22/h2,4-5,8-13H,3,6-7,14-15H2,1H3. The maximum atomic E-state index is 13.0. The Kier molecular flexibility index (Phi) is 5.52. The SMILES string of the molecule is Cc1ccc(S(=O)(=O)N=C(C(=O)N2CCCCC2)c2ccccc2)cc1. The summed E-state index contributed by atoms with van der Waals surface area (Å²) in [7, 11) is -3.97. The van der Waals surface area contributed by atoms with Gasteiger partial charge in [-0.05, 0) is 38.3 Å². The molecule has 5 nitrogen and oxygen atoms in total. The highest BCUT2D eigenvalue weighted by atomic mass is 32.2. The van der Waals surface area contributed by atoms with Gasteiger partial charge in [0.1, 0.15) is 5.71 Å². The van der Waals surface area contributed by atoms with Crippen molar-refractivity contribution >= 4 is 21.6 Å². The maximum Gasteiger partial charge on any atom is 0.283 e. The molecular weight excluding hydrogens is 348 g/mol. The van der Waals surface area contributed by atoms with E-state index in [1.165, 1.54) is 12.1 Å². The summed E-state index contributed by atoms with van der Waals surface area (Å²) >= 11 is 0. The van der Waals surface area contributed by atoms with Gasteiger partial charge in [-0.2, -0.15) is 12.8 Å². The Balaban J connectivity index is 2.03. The normalized spacial score (nSPS) is 15.7. The Morgan fingerprint density at radius 1 is 0.923 bits per heavy atom. The van der Waals surface area contributed by atoms with Crippen LogP contribution in [0.4, 0.5) is 0 Å². The first-order valence-electron chi connectivity index (χ1n) is 8.74. The molecule has 0 radical (unpaired) electrons. The number of rotatable bonds is 4. The van der Waals surface area contributed by atoms with Gasteiger partial charge in [-0.25, -0.2) is 0 Å². The second-order valence-electron chi connectivity index (χ2n) is 6.45. The summed E-state index contributed by atoms with van der Waals surface area (Å²) in [5, 5.41) is 0. The van der Waals surface area contributed by atoms with Crippen LogP contribution in [0.5, 0.6) is 0 Å². The van der Waals surface area contributed by atoms with Crippen molar-refractivity contribution in [2.24, 2.45) is 4.40 Å². The Morgan fingerprint density at radius 2 is 1.54 bits per heavy atom. The van der Waals surface area contributed by atoms with E-state index >= 15 is 0 Å². The first kappa shape index (κ1) is 18.3. The van der Waals surface area contributed by atoms with E-state index in [2.05, 4.69) is 4.40 Å². The molecule has 0 aliphatic carbocycles. The van der Waals surface area contributed by atoms with Crippen molar-refractivity contribution in [3.63, 3.8) is 0 Å². The van der Waals surface area contributed by atoms with Crippen LogP contribution in [0.3, 0.4) is 0 Å². The van der Waals surface area contributed by atoms with Gasteiger partial charge >= 0.3 is 0 Å². The van der Waals surface area contributed by atoms with Crippen LogP contribution in [0, 0.1) is 6.92 Å². The van der Waals surface area contributed by atoms with Gasteiger partial charge in [0.2, 0.25) is 0 Å². The Morgan fingerprint density at radius 3 is 2.15 bits per heavy atom. The Bertz CT molecular complexity index is 898. The summed E-state index contributed by atoms with van der Waals surface area (Å²) in [6.45, 7) is 3.15. The highest BCUT2D eigenvalue weighted by Gasteiger charge is 2.25. The molecule has 1 aliphatic rings. The second kappa shape index (κ2) is 7.83. The quantitative estimate of drug-likeness (QED) is 0.776. The topological polar surface area (TPSA) is 66.8 Å². The van der Waals surface area contributed by atoms with Gasteiger partial charge in [0.25, 0.3) is 15.9 Å². The summed E-state index contributed by atoms with van der Waals surface area (Å²) < 4.78 is 29.5. The van der Waals surface area contributed by atoms with Gasteiger partial charge in [-0.15, -0.1) is 0 Å². The lowest BCUT2D eigenvalue weighted by Crippen LogP contribution is -2.40. The molecule has 136 valence electrons. The molecule has 1 aliphatic heterocycles. The van der Waals surface area contributed by atoms with Crippen LogP contribution in [0.15, 0.2) is 63.9 Å². The third-order valence-corrected chi connectivity index (χ3v) is 5.71. The minimum absolute atomic E-state index is 0.0203. The number of hydrogen-bond donors (Lipinski definition) is 0. The van der Waals surface area contributed by atoms with Crippen molar-refractivity contribution in [1.82, 2.24) is 4.90 Å². The van der Waals surface area contributed by atoms with E-state index in [9.17, 15) is 13.2 Å². The highest BCUT2D eigenvalue weighted by molar-refractivity contribution is 7.90. The van der Waals surface area contributed by atoms with E-state index in [0.717, 1.165) is 24.8 Å². The largest absolute Gasteiger partial charge is 0.337 e. The average Bonchev–Trinajstić information content (AvgIpc) is 2.67. The fourth-order valence-corrected chi connectivity index (χ4v) is 3.95. The summed E-state index contributed by atoms with van der Waals surface area (Å²) in [5.41, 5.74) is 1.45. The lowest BCUT2D eigenvalue weighted by atomic mass is 10.1.